The minimum atomic E-state index is -1.82. The van der Waals surface area contributed by atoms with Crippen molar-refractivity contribution in [2.45, 2.75) is 32.1 Å². The quantitative estimate of drug-likeness (QED) is 0.385. The third-order valence-corrected chi connectivity index (χ3v) is 4.89. The van der Waals surface area contributed by atoms with Crippen molar-refractivity contribution >= 4 is 39.5 Å². The van der Waals surface area contributed by atoms with Crippen LogP contribution in [0.4, 0.5) is 0 Å². The van der Waals surface area contributed by atoms with Gasteiger partial charge in [-0.2, -0.15) is 0 Å². The lowest BCUT2D eigenvalue weighted by atomic mass is 10.0. The third kappa shape index (κ3) is 10.2. The number of carboxylic acid groups (broad SMARTS) is 2. The lowest BCUT2D eigenvalue weighted by molar-refractivity contribution is -0.159. The van der Waals surface area contributed by atoms with Gasteiger partial charge in [0.2, 0.25) is 0 Å². The number of aliphatic hydroxyl groups is 1. The van der Waals surface area contributed by atoms with Crippen molar-refractivity contribution < 1.29 is 29.6 Å². The summed E-state index contributed by atoms with van der Waals surface area (Å²) >= 11 is 9.53. The van der Waals surface area contributed by atoms with Gasteiger partial charge < -0.3 is 25.4 Å². The molecule has 0 saturated heterocycles. The molecule has 0 spiro atoms. The molecule has 2 atom stereocenters. The Morgan fingerprint density at radius 3 is 2.23 bits per heavy atom. The van der Waals surface area contributed by atoms with Crippen molar-refractivity contribution in [3.05, 3.63) is 69.2 Å². The van der Waals surface area contributed by atoms with Gasteiger partial charge in [0.1, 0.15) is 0 Å². The minimum Gasteiger partial charge on any atom is -0.473 e. The molecule has 2 unspecified atom stereocenters. The Morgan fingerprint density at radius 1 is 1.10 bits per heavy atom. The highest BCUT2D eigenvalue weighted by atomic mass is 79.9. The Morgan fingerprint density at radius 2 is 1.70 bits per heavy atom. The van der Waals surface area contributed by atoms with Gasteiger partial charge in [0.05, 0.1) is 19.3 Å². The summed E-state index contributed by atoms with van der Waals surface area (Å²) in [6, 6.07) is 16.0. The van der Waals surface area contributed by atoms with Gasteiger partial charge in [0.15, 0.2) is 0 Å². The molecule has 4 N–H and O–H groups in total. The van der Waals surface area contributed by atoms with Crippen molar-refractivity contribution in [2.75, 3.05) is 13.2 Å². The van der Waals surface area contributed by atoms with Crippen molar-refractivity contribution in [2.24, 2.45) is 0 Å². The van der Waals surface area contributed by atoms with Crippen LogP contribution in [0.15, 0.2) is 53.0 Å². The van der Waals surface area contributed by atoms with E-state index < -0.39 is 18.0 Å². The number of carbonyl (C=O) groups is 2. The van der Waals surface area contributed by atoms with Crippen LogP contribution in [0.3, 0.4) is 0 Å². The van der Waals surface area contributed by atoms with Gasteiger partial charge in [-0.25, -0.2) is 9.59 Å². The van der Waals surface area contributed by atoms with E-state index in [0.717, 1.165) is 16.5 Å². The molecule has 0 aliphatic rings. The maximum absolute atomic E-state index is 10.1. The first-order valence-corrected chi connectivity index (χ1v) is 10.4. The second-order valence-corrected chi connectivity index (χ2v) is 7.61. The largest absolute Gasteiger partial charge is 0.473 e. The zero-order chi connectivity index (χ0) is 22.5. The number of nitrogens with one attached hydrogen (secondary N) is 1. The van der Waals surface area contributed by atoms with Crippen molar-refractivity contribution in [3.63, 3.8) is 0 Å². The summed E-state index contributed by atoms with van der Waals surface area (Å²) in [6.07, 6.45) is 0.395. The van der Waals surface area contributed by atoms with Crippen LogP contribution in [0.5, 0.6) is 0 Å². The zero-order valence-electron chi connectivity index (χ0n) is 16.4. The zero-order valence-corrected chi connectivity index (χ0v) is 18.8. The SMILES string of the molecule is CCC(NCC(O)COCc1ccccc1Cl)c1ccc(Br)cc1.O=C(O)C(=O)O. The van der Waals surface area contributed by atoms with Crippen LogP contribution in [-0.4, -0.2) is 46.5 Å². The number of halogens is 2. The minimum absolute atomic E-state index is 0.219. The molecule has 0 aliphatic carbocycles. The Balaban J connectivity index is 0.000000656. The summed E-state index contributed by atoms with van der Waals surface area (Å²) in [7, 11) is 0. The molecule has 0 bridgehead atoms. The van der Waals surface area contributed by atoms with Crippen molar-refractivity contribution in [3.8, 4) is 0 Å². The van der Waals surface area contributed by atoms with E-state index in [1.54, 1.807) is 0 Å². The van der Waals surface area contributed by atoms with Crippen LogP contribution in [0.2, 0.25) is 5.02 Å². The summed E-state index contributed by atoms with van der Waals surface area (Å²) < 4.78 is 6.63. The first kappa shape index (κ1) is 26.1. The second-order valence-electron chi connectivity index (χ2n) is 6.29. The summed E-state index contributed by atoms with van der Waals surface area (Å²) in [5.74, 6) is -3.65. The van der Waals surface area contributed by atoms with E-state index in [-0.39, 0.29) is 12.6 Å². The number of hydrogen-bond donors (Lipinski definition) is 4. The smallest absolute Gasteiger partial charge is 0.414 e. The van der Waals surface area contributed by atoms with Crippen LogP contribution >= 0.6 is 27.5 Å². The van der Waals surface area contributed by atoms with E-state index in [0.29, 0.717) is 18.2 Å². The van der Waals surface area contributed by atoms with Crippen LogP contribution in [0.25, 0.3) is 0 Å². The first-order chi connectivity index (χ1) is 14.2. The lowest BCUT2D eigenvalue weighted by Gasteiger charge is -2.20. The topological polar surface area (TPSA) is 116 Å². The molecule has 2 aromatic rings. The van der Waals surface area contributed by atoms with Gasteiger partial charge in [-0.05, 0) is 35.7 Å². The van der Waals surface area contributed by atoms with Crippen molar-refractivity contribution in [1.29, 1.82) is 0 Å². The van der Waals surface area contributed by atoms with Crippen LogP contribution in [0.1, 0.15) is 30.5 Å². The van der Waals surface area contributed by atoms with E-state index in [4.69, 9.17) is 36.1 Å². The normalized spacial score (nSPS) is 12.4. The summed E-state index contributed by atoms with van der Waals surface area (Å²) in [6.45, 7) is 3.28. The summed E-state index contributed by atoms with van der Waals surface area (Å²) in [4.78, 5) is 18.2. The van der Waals surface area contributed by atoms with E-state index in [9.17, 15) is 5.11 Å². The third-order valence-electron chi connectivity index (χ3n) is 3.99. The Kier molecular flexibility index (Phi) is 12.3. The molecule has 0 heterocycles. The fourth-order valence-electron chi connectivity index (χ4n) is 2.45. The highest BCUT2D eigenvalue weighted by molar-refractivity contribution is 9.10. The van der Waals surface area contributed by atoms with Gasteiger partial charge in [0, 0.05) is 22.1 Å². The number of rotatable bonds is 9. The summed E-state index contributed by atoms with van der Waals surface area (Å²) in [5.41, 5.74) is 2.14. The second kappa shape index (κ2) is 14.1. The van der Waals surface area contributed by atoms with Crippen LogP contribution < -0.4 is 5.32 Å². The van der Waals surface area contributed by atoms with Crippen LogP contribution in [0, 0.1) is 0 Å². The van der Waals surface area contributed by atoms with Crippen molar-refractivity contribution in [1.82, 2.24) is 5.32 Å². The Hall–Kier alpha value is -1.97. The number of benzene rings is 2. The molecular weight excluding hydrogens is 478 g/mol. The molecular formula is C21H25BrClNO6. The lowest BCUT2D eigenvalue weighted by Crippen LogP contribution is -2.33. The molecule has 7 nitrogen and oxygen atoms in total. The molecule has 0 saturated carbocycles. The molecule has 30 heavy (non-hydrogen) atoms. The van der Waals surface area contributed by atoms with Gasteiger partial charge >= 0.3 is 11.9 Å². The van der Waals surface area contributed by atoms with E-state index in [1.165, 1.54) is 5.56 Å². The van der Waals surface area contributed by atoms with Crippen LogP contribution in [-0.2, 0) is 20.9 Å². The summed E-state index contributed by atoms with van der Waals surface area (Å²) in [5, 5.41) is 29.0. The number of aliphatic hydroxyl groups excluding tert-OH is 1. The molecule has 0 fully saturated rings. The molecule has 0 aliphatic heterocycles. The highest BCUT2D eigenvalue weighted by Gasteiger charge is 2.12. The monoisotopic (exact) mass is 501 g/mol. The number of carboxylic acids is 2. The number of ether oxygens (including phenoxy) is 1. The van der Waals surface area contributed by atoms with E-state index in [2.05, 4.69) is 40.3 Å². The molecule has 0 aromatic heterocycles. The van der Waals surface area contributed by atoms with Gasteiger partial charge in [-0.15, -0.1) is 0 Å². The fourth-order valence-corrected chi connectivity index (χ4v) is 2.91. The van der Waals surface area contributed by atoms with Gasteiger partial charge in [-0.1, -0.05) is 64.8 Å². The van der Waals surface area contributed by atoms with E-state index in [1.807, 2.05) is 36.4 Å². The number of hydrogen-bond acceptors (Lipinski definition) is 5. The van der Waals surface area contributed by atoms with Gasteiger partial charge in [0.25, 0.3) is 0 Å². The predicted octanol–water partition coefficient (Wildman–Crippen LogP) is 3.88. The van der Waals surface area contributed by atoms with E-state index >= 15 is 0 Å². The predicted molar refractivity (Wildman–Crippen MR) is 118 cm³/mol. The first-order valence-electron chi connectivity index (χ1n) is 9.18. The molecule has 164 valence electrons. The average molecular weight is 503 g/mol. The molecule has 2 rings (SSSR count). The fraction of sp³-hybridized carbons (Fsp3) is 0.333. The Bertz CT molecular complexity index is 790. The number of aliphatic carboxylic acids is 2. The molecule has 0 radical (unpaired) electrons. The average Bonchev–Trinajstić information content (AvgIpc) is 2.71. The molecule has 0 amide bonds. The maximum atomic E-state index is 10.1. The molecule has 2 aromatic carbocycles. The molecule has 9 heteroatoms. The maximum Gasteiger partial charge on any atom is 0.414 e. The van der Waals surface area contributed by atoms with Gasteiger partial charge in [-0.3, -0.25) is 0 Å². The highest BCUT2D eigenvalue weighted by Crippen LogP contribution is 2.19. The standard InChI is InChI=1S/C19H23BrClNO2.C2H2O4/c1-2-19(14-7-9-16(20)10-8-14)22-11-17(23)13-24-12-15-5-3-4-6-18(15)21;3-1(4)2(5)6/h3-10,17,19,22-23H,2,11-13H2,1H3;(H,3,4)(H,5,6). The Labute approximate surface area is 188 Å².